The second-order valence-electron chi connectivity index (χ2n) is 4.84. The Hall–Kier alpha value is -1.63. The molecular formula is C12H20N4O3. The summed E-state index contributed by atoms with van der Waals surface area (Å²) in [5.41, 5.74) is 0.492. The molecular weight excluding hydrogens is 248 g/mol. The average molecular weight is 268 g/mol. The van der Waals surface area contributed by atoms with Gasteiger partial charge in [-0.2, -0.15) is 5.10 Å². The van der Waals surface area contributed by atoms with Gasteiger partial charge in [-0.15, -0.1) is 0 Å². The minimum Gasteiger partial charge on any atom is -0.473 e. The molecule has 0 aromatic carbocycles. The predicted molar refractivity (Wildman–Crippen MR) is 70.3 cm³/mol. The Kier molecular flexibility index (Phi) is 4.36. The van der Waals surface area contributed by atoms with Crippen LogP contribution in [0.3, 0.4) is 0 Å². The number of aromatic nitrogens is 2. The van der Waals surface area contributed by atoms with E-state index in [0.717, 1.165) is 25.9 Å². The van der Waals surface area contributed by atoms with Gasteiger partial charge in [-0.05, 0) is 38.3 Å². The van der Waals surface area contributed by atoms with Gasteiger partial charge >= 0.3 is 5.69 Å². The summed E-state index contributed by atoms with van der Waals surface area (Å²) in [6.45, 7) is 4.35. The zero-order valence-corrected chi connectivity index (χ0v) is 11.4. The minimum atomic E-state index is -0.399. The molecule has 1 aromatic heterocycles. The Morgan fingerprint density at radius 3 is 2.79 bits per heavy atom. The fraction of sp³-hybridized carbons (Fsp3) is 0.750. The van der Waals surface area contributed by atoms with Gasteiger partial charge in [0, 0.05) is 7.05 Å². The molecule has 0 amide bonds. The van der Waals surface area contributed by atoms with Crippen molar-refractivity contribution in [2.45, 2.75) is 26.2 Å². The molecule has 1 aromatic rings. The van der Waals surface area contributed by atoms with E-state index in [9.17, 15) is 10.1 Å². The van der Waals surface area contributed by atoms with Crippen LogP contribution in [0, 0.1) is 16.0 Å². The summed E-state index contributed by atoms with van der Waals surface area (Å²) < 4.78 is 7.15. The molecule has 0 aliphatic carbocycles. The zero-order valence-electron chi connectivity index (χ0n) is 11.4. The molecule has 7 nitrogen and oxygen atoms in total. The molecule has 0 atom stereocenters. The number of hydrogen-bond donors (Lipinski definition) is 1. The first kappa shape index (κ1) is 13.8. The van der Waals surface area contributed by atoms with Gasteiger partial charge in [0.25, 0.3) is 5.88 Å². The number of rotatable bonds is 5. The molecule has 0 saturated carbocycles. The van der Waals surface area contributed by atoms with Gasteiger partial charge in [0.05, 0.1) is 11.5 Å². The Balaban J connectivity index is 2.10. The maximum Gasteiger partial charge on any atom is 0.353 e. The third kappa shape index (κ3) is 3.04. The summed E-state index contributed by atoms with van der Waals surface area (Å²) in [7, 11) is 1.68. The summed E-state index contributed by atoms with van der Waals surface area (Å²) in [4.78, 5) is 10.7. The molecule has 0 unspecified atom stereocenters. The lowest BCUT2D eigenvalue weighted by molar-refractivity contribution is -0.386. The normalized spacial score (nSPS) is 16.5. The lowest BCUT2D eigenvalue weighted by Crippen LogP contribution is -2.30. The second-order valence-corrected chi connectivity index (χ2v) is 4.84. The molecule has 0 radical (unpaired) electrons. The van der Waals surface area contributed by atoms with Crippen molar-refractivity contribution in [3.8, 4) is 5.88 Å². The van der Waals surface area contributed by atoms with Gasteiger partial charge in [0.15, 0.2) is 0 Å². The minimum absolute atomic E-state index is 0.0129. The highest BCUT2D eigenvalue weighted by Crippen LogP contribution is 2.31. The molecule has 1 aliphatic heterocycles. The molecule has 1 fully saturated rings. The highest BCUT2D eigenvalue weighted by Gasteiger charge is 2.28. The zero-order chi connectivity index (χ0) is 13.8. The van der Waals surface area contributed by atoms with Crippen LogP contribution in [0.4, 0.5) is 5.69 Å². The summed E-state index contributed by atoms with van der Waals surface area (Å²) in [6.07, 6.45) is 2.62. The summed E-state index contributed by atoms with van der Waals surface area (Å²) in [5, 5.41) is 18.6. The number of nitro groups is 1. The van der Waals surface area contributed by atoms with Crippen molar-refractivity contribution in [1.82, 2.24) is 15.1 Å². The second kappa shape index (κ2) is 6.01. The van der Waals surface area contributed by atoms with Crippen LogP contribution in [0.1, 0.15) is 25.5 Å². The van der Waals surface area contributed by atoms with Gasteiger partial charge < -0.3 is 10.1 Å². The van der Waals surface area contributed by atoms with E-state index in [0.29, 0.717) is 24.6 Å². The fourth-order valence-corrected chi connectivity index (χ4v) is 2.38. The molecule has 0 bridgehead atoms. The van der Waals surface area contributed by atoms with Crippen molar-refractivity contribution >= 4 is 5.69 Å². The van der Waals surface area contributed by atoms with Gasteiger partial charge in [-0.25, -0.2) is 4.68 Å². The molecule has 106 valence electrons. The van der Waals surface area contributed by atoms with E-state index in [-0.39, 0.29) is 11.6 Å². The van der Waals surface area contributed by atoms with E-state index < -0.39 is 4.92 Å². The Morgan fingerprint density at radius 1 is 1.53 bits per heavy atom. The molecule has 7 heteroatoms. The van der Waals surface area contributed by atoms with Crippen LogP contribution in [-0.2, 0) is 13.5 Å². The predicted octanol–water partition coefficient (Wildman–Crippen LogP) is 1.27. The van der Waals surface area contributed by atoms with Crippen molar-refractivity contribution in [2.75, 3.05) is 19.7 Å². The largest absolute Gasteiger partial charge is 0.473 e. The van der Waals surface area contributed by atoms with Gasteiger partial charge in [-0.3, -0.25) is 10.1 Å². The molecule has 19 heavy (non-hydrogen) atoms. The highest BCUT2D eigenvalue weighted by molar-refractivity contribution is 5.46. The molecule has 1 saturated heterocycles. The quantitative estimate of drug-likeness (QED) is 0.642. The van der Waals surface area contributed by atoms with E-state index in [4.69, 9.17) is 4.74 Å². The number of aryl methyl sites for hydroxylation is 2. The van der Waals surface area contributed by atoms with E-state index >= 15 is 0 Å². The van der Waals surface area contributed by atoms with Crippen molar-refractivity contribution in [2.24, 2.45) is 13.0 Å². The first-order valence-electron chi connectivity index (χ1n) is 6.67. The van der Waals surface area contributed by atoms with Crippen LogP contribution >= 0.6 is 0 Å². The lowest BCUT2D eigenvalue weighted by Gasteiger charge is -2.22. The number of piperidine rings is 1. The highest BCUT2D eigenvalue weighted by atomic mass is 16.6. The molecule has 1 aliphatic rings. The fourth-order valence-electron chi connectivity index (χ4n) is 2.38. The van der Waals surface area contributed by atoms with Crippen molar-refractivity contribution < 1.29 is 9.66 Å². The van der Waals surface area contributed by atoms with E-state index in [1.54, 1.807) is 7.05 Å². The summed E-state index contributed by atoms with van der Waals surface area (Å²) in [5.74, 6) is 0.737. The first-order valence-corrected chi connectivity index (χ1v) is 6.67. The third-order valence-electron chi connectivity index (χ3n) is 3.47. The number of hydrogen-bond acceptors (Lipinski definition) is 5. The van der Waals surface area contributed by atoms with Crippen molar-refractivity contribution in [3.63, 3.8) is 0 Å². The van der Waals surface area contributed by atoms with Gasteiger partial charge in [0.1, 0.15) is 5.69 Å². The summed E-state index contributed by atoms with van der Waals surface area (Å²) in [6, 6.07) is 0. The maximum absolute atomic E-state index is 11.1. The van der Waals surface area contributed by atoms with E-state index in [1.165, 1.54) is 4.68 Å². The van der Waals surface area contributed by atoms with Crippen LogP contribution in [-0.4, -0.2) is 34.4 Å². The molecule has 1 N–H and O–H groups in total. The van der Waals surface area contributed by atoms with Crippen molar-refractivity contribution in [1.29, 1.82) is 0 Å². The molecule has 2 rings (SSSR count). The van der Waals surface area contributed by atoms with Crippen LogP contribution < -0.4 is 10.1 Å². The van der Waals surface area contributed by atoms with Crippen LogP contribution in [0.2, 0.25) is 0 Å². The number of ether oxygens (including phenoxy) is 1. The van der Waals surface area contributed by atoms with Gasteiger partial charge in [0.2, 0.25) is 0 Å². The topological polar surface area (TPSA) is 82.2 Å². The van der Waals surface area contributed by atoms with E-state index in [1.807, 2.05) is 6.92 Å². The van der Waals surface area contributed by atoms with Crippen molar-refractivity contribution in [3.05, 3.63) is 15.8 Å². The number of nitrogens with one attached hydrogen (secondary N) is 1. The maximum atomic E-state index is 11.1. The van der Waals surface area contributed by atoms with E-state index in [2.05, 4.69) is 10.4 Å². The smallest absolute Gasteiger partial charge is 0.353 e. The molecule has 2 heterocycles. The first-order chi connectivity index (χ1) is 9.13. The van der Waals surface area contributed by atoms with Gasteiger partial charge in [-0.1, -0.05) is 6.92 Å². The standard InChI is InChI=1S/C12H20N4O3/c1-3-10-11(16(17)18)12(15(2)14-10)19-8-9-4-6-13-7-5-9/h9,13H,3-8H2,1-2H3. The third-order valence-corrected chi connectivity index (χ3v) is 3.47. The molecule has 0 spiro atoms. The number of nitrogens with zero attached hydrogens (tertiary/aromatic N) is 3. The Morgan fingerprint density at radius 2 is 2.21 bits per heavy atom. The van der Waals surface area contributed by atoms with Crippen LogP contribution in [0.15, 0.2) is 0 Å². The van der Waals surface area contributed by atoms with Crippen LogP contribution in [0.25, 0.3) is 0 Å². The SMILES string of the molecule is CCc1nn(C)c(OCC2CCNCC2)c1[N+](=O)[O-]. The van der Waals surface area contributed by atoms with Crippen LogP contribution in [0.5, 0.6) is 5.88 Å². The Bertz CT molecular complexity index is 452. The average Bonchev–Trinajstić information content (AvgIpc) is 2.74. The Labute approximate surface area is 112 Å². The monoisotopic (exact) mass is 268 g/mol. The lowest BCUT2D eigenvalue weighted by atomic mass is 9.99. The summed E-state index contributed by atoms with van der Waals surface area (Å²) >= 11 is 0.